The average molecular weight is 154 g/mol. The summed E-state index contributed by atoms with van der Waals surface area (Å²) >= 11 is 0. The molecule has 0 aromatic heterocycles. The lowest BCUT2D eigenvalue weighted by Crippen LogP contribution is -2.11. The molecule has 0 saturated heterocycles. The summed E-state index contributed by atoms with van der Waals surface area (Å²) in [5, 5.41) is 0. The fourth-order valence-corrected chi connectivity index (χ4v) is 1.26. The molecule has 62 valence electrons. The third-order valence-corrected chi connectivity index (χ3v) is 2.01. The number of ether oxygens (including phenoxy) is 1. The lowest BCUT2D eigenvalue weighted by atomic mass is 9.85. The average Bonchev–Trinajstić information content (AvgIpc) is 2.11. The van der Waals surface area contributed by atoms with Gasteiger partial charge in [-0.2, -0.15) is 0 Å². The van der Waals surface area contributed by atoms with Crippen LogP contribution in [0.2, 0.25) is 0 Å². The predicted molar refractivity (Wildman–Crippen MR) is 43.1 cm³/mol. The van der Waals surface area contributed by atoms with Crippen molar-refractivity contribution in [2.24, 2.45) is 5.41 Å². The molecule has 1 aliphatic rings. The highest BCUT2D eigenvalue weighted by molar-refractivity contribution is 5.91. The van der Waals surface area contributed by atoms with Gasteiger partial charge in [-0.3, -0.25) is 0 Å². The van der Waals surface area contributed by atoms with Crippen LogP contribution in [0.25, 0.3) is 0 Å². The number of esters is 1. The highest BCUT2D eigenvalue weighted by Gasteiger charge is 2.28. The molecule has 1 rings (SSSR count). The standard InChI is InChI=1S/C9H14O2/c1-6-7(9(2,3)4)5-11-8(6)10/h5H2,1-4H3. The Morgan fingerprint density at radius 2 is 1.91 bits per heavy atom. The molecule has 0 spiro atoms. The second-order valence-electron chi connectivity index (χ2n) is 3.93. The van der Waals surface area contributed by atoms with Gasteiger partial charge in [0.25, 0.3) is 0 Å². The normalized spacial score (nSPS) is 19.1. The fraction of sp³-hybridized carbons (Fsp3) is 0.667. The Morgan fingerprint density at radius 1 is 1.36 bits per heavy atom. The van der Waals surface area contributed by atoms with Gasteiger partial charge < -0.3 is 4.74 Å². The van der Waals surface area contributed by atoms with Crippen LogP contribution in [0, 0.1) is 5.41 Å². The van der Waals surface area contributed by atoms with Gasteiger partial charge in [0.2, 0.25) is 0 Å². The minimum Gasteiger partial charge on any atom is -0.458 e. The van der Waals surface area contributed by atoms with Crippen LogP contribution in [0.15, 0.2) is 11.1 Å². The third kappa shape index (κ3) is 1.44. The predicted octanol–water partition coefficient (Wildman–Crippen LogP) is 1.91. The highest BCUT2D eigenvalue weighted by atomic mass is 16.5. The number of carbonyl (C=O) groups is 1. The highest BCUT2D eigenvalue weighted by Crippen LogP contribution is 2.31. The SMILES string of the molecule is CC1=C(C(C)(C)C)COC1=O. The Morgan fingerprint density at radius 3 is 2.09 bits per heavy atom. The van der Waals surface area contributed by atoms with Gasteiger partial charge in [-0.25, -0.2) is 4.79 Å². The summed E-state index contributed by atoms with van der Waals surface area (Å²) in [4.78, 5) is 11.0. The van der Waals surface area contributed by atoms with E-state index in [0.29, 0.717) is 6.61 Å². The number of hydrogen-bond acceptors (Lipinski definition) is 2. The molecule has 1 aliphatic heterocycles. The summed E-state index contributed by atoms with van der Waals surface area (Å²) in [6.45, 7) is 8.58. The van der Waals surface area contributed by atoms with Crippen molar-refractivity contribution < 1.29 is 9.53 Å². The zero-order chi connectivity index (χ0) is 8.65. The van der Waals surface area contributed by atoms with E-state index in [9.17, 15) is 4.79 Å². The molecule has 2 nitrogen and oxygen atoms in total. The van der Waals surface area contributed by atoms with Crippen molar-refractivity contribution in [3.8, 4) is 0 Å². The maximum atomic E-state index is 11.0. The van der Waals surface area contributed by atoms with Gasteiger partial charge in [-0.05, 0) is 17.9 Å². The topological polar surface area (TPSA) is 26.3 Å². The number of hydrogen-bond donors (Lipinski definition) is 0. The summed E-state index contributed by atoms with van der Waals surface area (Å²) in [7, 11) is 0. The smallest absolute Gasteiger partial charge is 0.334 e. The van der Waals surface area contributed by atoms with Crippen LogP contribution in [0.1, 0.15) is 27.7 Å². The van der Waals surface area contributed by atoms with Crippen LogP contribution in [0.3, 0.4) is 0 Å². The molecular formula is C9H14O2. The minimum absolute atomic E-state index is 0.0657. The molecular weight excluding hydrogens is 140 g/mol. The molecule has 0 bridgehead atoms. The van der Waals surface area contributed by atoms with Crippen LogP contribution in [-0.2, 0) is 9.53 Å². The van der Waals surface area contributed by atoms with Gasteiger partial charge in [0.1, 0.15) is 6.61 Å². The molecule has 0 aromatic rings. The Labute approximate surface area is 67.2 Å². The summed E-state index contributed by atoms with van der Waals surface area (Å²) in [6.07, 6.45) is 0. The first-order valence-corrected chi connectivity index (χ1v) is 3.80. The lowest BCUT2D eigenvalue weighted by Gasteiger charge is -2.19. The van der Waals surface area contributed by atoms with Gasteiger partial charge in [0, 0.05) is 5.57 Å². The molecule has 0 aromatic carbocycles. The van der Waals surface area contributed by atoms with Crippen molar-refractivity contribution in [2.75, 3.05) is 6.61 Å². The summed E-state index contributed by atoms with van der Waals surface area (Å²) in [6, 6.07) is 0. The van der Waals surface area contributed by atoms with Crippen LogP contribution < -0.4 is 0 Å². The molecule has 0 fully saturated rings. The van der Waals surface area contributed by atoms with Gasteiger partial charge in [-0.1, -0.05) is 20.8 Å². The van der Waals surface area contributed by atoms with Crippen LogP contribution >= 0.6 is 0 Å². The Kier molecular flexibility index (Phi) is 1.78. The first kappa shape index (κ1) is 8.31. The molecule has 11 heavy (non-hydrogen) atoms. The fourth-order valence-electron chi connectivity index (χ4n) is 1.26. The monoisotopic (exact) mass is 154 g/mol. The maximum absolute atomic E-state index is 11.0. The van der Waals surface area contributed by atoms with E-state index in [1.54, 1.807) is 0 Å². The quantitative estimate of drug-likeness (QED) is 0.498. The summed E-state index contributed by atoms with van der Waals surface area (Å²) in [5.41, 5.74) is 1.98. The van der Waals surface area contributed by atoms with E-state index >= 15 is 0 Å². The van der Waals surface area contributed by atoms with Crippen molar-refractivity contribution in [1.82, 2.24) is 0 Å². The van der Waals surface area contributed by atoms with Crippen molar-refractivity contribution in [2.45, 2.75) is 27.7 Å². The number of rotatable bonds is 0. The van der Waals surface area contributed by atoms with Gasteiger partial charge in [0.15, 0.2) is 0 Å². The first-order chi connectivity index (χ1) is 4.93. The zero-order valence-corrected chi connectivity index (χ0v) is 7.52. The van der Waals surface area contributed by atoms with Crippen molar-refractivity contribution >= 4 is 5.97 Å². The molecule has 0 radical (unpaired) electrons. The van der Waals surface area contributed by atoms with Crippen LogP contribution in [0.5, 0.6) is 0 Å². The summed E-state index contributed by atoms with van der Waals surface area (Å²) < 4.78 is 4.89. The molecule has 0 saturated carbocycles. The number of carbonyl (C=O) groups excluding carboxylic acids is 1. The Hall–Kier alpha value is -0.790. The van der Waals surface area contributed by atoms with E-state index in [0.717, 1.165) is 11.1 Å². The van der Waals surface area contributed by atoms with E-state index in [1.807, 2.05) is 6.92 Å². The van der Waals surface area contributed by atoms with E-state index in [1.165, 1.54) is 0 Å². The molecule has 2 heteroatoms. The largest absolute Gasteiger partial charge is 0.458 e. The maximum Gasteiger partial charge on any atom is 0.334 e. The number of cyclic esters (lactones) is 1. The van der Waals surface area contributed by atoms with E-state index in [4.69, 9.17) is 4.74 Å². The van der Waals surface area contributed by atoms with E-state index in [-0.39, 0.29) is 11.4 Å². The van der Waals surface area contributed by atoms with Gasteiger partial charge >= 0.3 is 5.97 Å². The van der Waals surface area contributed by atoms with E-state index < -0.39 is 0 Å². The molecule has 0 N–H and O–H groups in total. The van der Waals surface area contributed by atoms with Crippen LogP contribution in [-0.4, -0.2) is 12.6 Å². The van der Waals surface area contributed by atoms with Crippen molar-refractivity contribution in [1.29, 1.82) is 0 Å². The third-order valence-electron chi connectivity index (χ3n) is 2.01. The van der Waals surface area contributed by atoms with E-state index in [2.05, 4.69) is 20.8 Å². The molecule has 0 unspecified atom stereocenters. The second-order valence-corrected chi connectivity index (χ2v) is 3.93. The molecule has 0 atom stereocenters. The Balaban J connectivity index is 2.98. The van der Waals surface area contributed by atoms with Crippen LogP contribution in [0.4, 0.5) is 0 Å². The van der Waals surface area contributed by atoms with Crippen molar-refractivity contribution in [3.05, 3.63) is 11.1 Å². The van der Waals surface area contributed by atoms with Gasteiger partial charge in [-0.15, -0.1) is 0 Å². The second kappa shape index (κ2) is 2.36. The minimum atomic E-state index is -0.157. The van der Waals surface area contributed by atoms with Crippen molar-refractivity contribution in [3.63, 3.8) is 0 Å². The molecule has 1 heterocycles. The first-order valence-electron chi connectivity index (χ1n) is 3.80. The molecule has 0 aliphatic carbocycles. The Bertz CT molecular complexity index is 218. The molecule has 0 amide bonds. The summed E-state index contributed by atoms with van der Waals surface area (Å²) in [5.74, 6) is -0.157. The van der Waals surface area contributed by atoms with Gasteiger partial charge in [0.05, 0.1) is 0 Å². The zero-order valence-electron chi connectivity index (χ0n) is 7.52. The lowest BCUT2D eigenvalue weighted by molar-refractivity contribution is -0.135.